The van der Waals surface area contributed by atoms with E-state index < -0.39 is 11.0 Å². The molecule has 0 radical (unpaired) electrons. The normalized spacial score (nSPS) is 43.4. The van der Waals surface area contributed by atoms with E-state index in [1.165, 1.54) is 38.5 Å². The lowest BCUT2D eigenvalue weighted by Crippen LogP contribution is -2.69. The standard InChI is InChI=1S/C50H75NO6/c1-43(2,3)57-42(54)51-50-24-19-32(46(8)25-26-46)39(50)33-17-18-37-47(9)22-21-38(45(6,7)36(47)20-23-49(37,11)48(33,10)27-28-50)56-41(53)35-29-34(44(35,4)5)40(52)55-30-31-15-13-12-14-16-31/h12-16,32-39H,17-30H2,1-11H3,(H,51,54)/t32-,33-,34+,35-,36+,37?,38+,39?,47+,48-,49-,50+/m1/s1. The summed E-state index contributed by atoms with van der Waals surface area (Å²) in [5.41, 5.74) is 0.595. The average molecular weight is 786 g/mol. The molecule has 7 saturated carbocycles. The van der Waals surface area contributed by atoms with Gasteiger partial charge in [-0.05, 0) is 166 Å². The number of rotatable bonds is 7. The van der Waals surface area contributed by atoms with Crippen LogP contribution in [0.4, 0.5) is 4.79 Å². The second-order valence-electron chi connectivity index (χ2n) is 23.8. The van der Waals surface area contributed by atoms with Gasteiger partial charge in [-0.25, -0.2) is 4.79 Å². The number of alkyl carbamates (subject to hydrolysis) is 1. The van der Waals surface area contributed by atoms with Gasteiger partial charge in [-0.2, -0.15) is 0 Å². The third-order valence-corrected chi connectivity index (χ3v) is 19.4. The Hall–Kier alpha value is -2.57. The Kier molecular flexibility index (Phi) is 9.73. The first-order chi connectivity index (χ1) is 26.5. The van der Waals surface area contributed by atoms with E-state index in [2.05, 4.69) is 46.9 Å². The molecule has 0 aromatic heterocycles. The highest BCUT2D eigenvalue weighted by Gasteiger charge is 2.73. The van der Waals surface area contributed by atoms with Crippen LogP contribution < -0.4 is 5.32 Å². The quantitative estimate of drug-likeness (QED) is 0.219. The van der Waals surface area contributed by atoms with Crippen molar-refractivity contribution in [1.29, 1.82) is 0 Å². The molecule has 7 heteroatoms. The van der Waals surface area contributed by atoms with Gasteiger partial charge in [0.1, 0.15) is 18.3 Å². The van der Waals surface area contributed by atoms with Crippen LogP contribution in [0.5, 0.6) is 0 Å². The molecule has 1 amide bonds. The topological polar surface area (TPSA) is 90.9 Å². The molecule has 7 aliphatic carbocycles. The fourth-order valence-electron chi connectivity index (χ4n) is 15.6. The molecule has 1 aromatic rings. The summed E-state index contributed by atoms with van der Waals surface area (Å²) in [5.74, 6) is 1.84. The molecule has 0 spiro atoms. The van der Waals surface area contributed by atoms with Crippen LogP contribution in [0.3, 0.4) is 0 Å². The molecule has 2 unspecified atom stereocenters. The third kappa shape index (κ3) is 6.41. The molecule has 0 heterocycles. The zero-order valence-corrected chi connectivity index (χ0v) is 37.4. The lowest BCUT2D eigenvalue weighted by molar-refractivity contribution is -0.249. The largest absolute Gasteiger partial charge is 0.462 e. The van der Waals surface area contributed by atoms with E-state index in [0.717, 1.165) is 44.1 Å². The van der Waals surface area contributed by atoms with E-state index in [1.807, 2.05) is 65.0 Å². The van der Waals surface area contributed by atoms with Gasteiger partial charge in [0, 0.05) is 11.0 Å². The monoisotopic (exact) mass is 786 g/mol. The second kappa shape index (κ2) is 13.5. The molecule has 7 nitrogen and oxygen atoms in total. The fourth-order valence-corrected chi connectivity index (χ4v) is 15.6. The van der Waals surface area contributed by atoms with Crippen molar-refractivity contribution >= 4 is 18.0 Å². The number of fused-ring (bicyclic) bond motifs is 7. The summed E-state index contributed by atoms with van der Waals surface area (Å²) in [6.07, 6.45) is 14.1. The number of hydrogen-bond donors (Lipinski definition) is 1. The Labute approximate surface area is 344 Å². The third-order valence-electron chi connectivity index (χ3n) is 19.4. The Morgan fingerprint density at radius 2 is 1.37 bits per heavy atom. The van der Waals surface area contributed by atoms with Crippen LogP contribution in [0.25, 0.3) is 0 Å². The summed E-state index contributed by atoms with van der Waals surface area (Å²) in [6.45, 7) is 25.5. The number of amides is 1. The van der Waals surface area contributed by atoms with Crippen LogP contribution in [-0.4, -0.2) is 35.3 Å². The highest BCUT2D eigenvalue weighted by Crippen LogP contribution is 2.78. The fraction of sp³-hybridized carbons (Fsp3) is 0.820. The first kappa shape index (κ1) is 41.2. The maximum atomic E-state index is 14.0. The molecular weight excluding hydrogens is 711 g/mol. The molecule has 0 aliphatic heterocycles. The summed E-state index contributed by atoms with van der Waals surface area (Å²) in [6, 6.07) is 9.77. The van der Waals surface area contributed by atoms with Crippen molar-refractivity contribution in [1.82, 2.24) is 5.32 Å². The van der Waals surface area contributed by atoms with E-state index >= 15 is 0 Å². The highest BCUT2D eigenvalue weighted by atomic mass is 16.6. The Balaban J connectivity index is 0.969. The molecule has 8 rings (SSSR count). The van der Waals surface area contributed by atoms with Crippen molar-refractivity contribution in [3.63, 3.8) is 0 Å². The predicted octanol–water partition coefficient (Wildman–Crippen LogP) is 11.5. The van der Waals surface area contributed by atoms with Crippen LogP contribution in [0, 0.1) is 73.9 Å². The lowest BCUT2D eigenvalue weighted by Gasteiger charge is -2.73. The van der Waals surface area contributed by atoms with E-state index in [0.29, 0.717) is 41.4 Å². The number of ether oxygens (including phenoxy) is 3. The number of hydrogen-bond acceptors (Lipinski definition) is 6. The summed E-state index contributed by atoms with van der Waals surface area (Å²) in [7, 11) is 0. The summed E-state index contributed by atoms with van der Waals surface area (Å²) in [4.78, 5) is 40.7. The summed E-state index contributed by atoms with van der Waals surface area (Å²) >= 11 is 0. The van der Waals surface area contributed by atoms with Crippen molar-refractivity contribution in [2.24, 2.45) is 73.9 Å². The molecule has 0 saturated heterocycles. The maximum Gasteiger partial charge on any atom is 0.408 e. The number of nitrogens with one attached hydrogen (secondary N) is 1. The van der Waals surface area contributed by atoms with E-state index in [9.17, 15) is 14.4 Å². The number of benzene rings is 1. The highest BCUT2D eigenvalue weighted by molar-refractivity contribution is 5.82. The molecule has 7 aliphatic rings. The Morgan fingerprint density at radius 3 is 2.02 bits per heavy atom. The molecule has 1 aromatic carbocycles. The molecule has 316 valence electrons. The molecular formula is C50H75NO6. The van der Waals surface area contributed by atoms with Gasteiger partial charge in [0.15, 0.2) is 0 Å². The molecule has 7 fully saturated rings. The van der Waals surface area contributed by atoms with E-state index in [-0.39, 0.29) is 69.8 Å². The lowest BCUT2D eigenvalue weighted by atomic mass is 9.32. The van der Waals surface area contributed by atoms with Crippen molar-refractivity contribution in [3.05, 3.63) is 35.9 Å². The number of carbonyl (C=O) groups excluding carboxylic acids is 3. The van der Waals surface area contributed by atoms with Gasteiger partial charge in [0.2, 0.25) is 0 Å². The van der Waals surface area contributed by atoms with Crippen LogP contribution in [0.1, 0.15) is 165 Å². The maximum absolute atomic E-state index is 14.0. The van der Waals surface area contributed by atoms with Gasteiger partial charge in [0.25, 0.3) is 0 Å². The first-order valence-corrected chi connectivity index (χ1v) is 22.9. The van der Waals surface area contributed by atoms with Crippen molar-refractivity contribution in [3.8, 4) is 0 Å². The zero-order valence-electron chi connectivity index (χ0n) is 37.4. The van der Waals surface area contributed by atoms with Crippen LogP contribution in [0.15, 0.2) is 30.3 Å². The first-order valence-electron chi connectivity index (χ1n) is 22.9. The van der Waals surface area contributed by atoms with Crippen LogP contribution in [0.2, 0.25) is 0 Å². The van der Waals surface area contributed by atoms with E-state index in [1.54, 1.807) is 0 Å². The minimum absolute atomic E-state index is 0.132. The number of esters is 2. The van der Waals surface area contributed by atoms with Crippen molar-refractivity contribution in [2.45, 2.75) is 183 Å². The summed E-state index contributed by atoms with van der Waals surface area (Å²) < 4.78 is 18.2. The van der Waals surface area contributed by atoms with Gasteiger partial charge in [-0.15, -0.1) is 0 Å². The molecule has 12 atom stereocenters. The van der Waals surface area contributed by atoms with Crippen molar-refractivity contribution in [2.75, 3.05) is 0 Å². The zero-order chi connectivity index (χ0) is 41.2. The Morgan fingerprint density at radius 1 is 0.684 bits per heavy atom. The van der Waals surface area contributed by atoms with Crippen LogP contribution >= 0.6 is 0 Å². The second-order valence-corrected chi connectivity index (χ2v) is 23.8. The predicted molar refractivity (Wildman–Crippen MR) is 223 cm³/mol. The Bertz CT molecular complexity index is 1740. The van der Waals surface area contributed by atoms with Crippen molar-refractivity contribution < 1.29 is 28.6 Å². The smallest absolute Gasteiger partial charge is 0.408 e. The molecule has 0 bridgehead atoms. The number of carbonyl (C=O) groups is 3. The van der Waals surface area contributed by atoms with Gasteiger partial charge in [-0.3, -0.25) is 9.59 Å². The van der Waals surface area contributed by atoms with Gasteiger partial charge in [-0.1, -0.05) is 85.7 Å². The van der Waals surface area contributed by atoms with Gasteiger partial charge < -0.3 is 19.5 Å². The van der Waals surface area contributed by atoms with Crippen LogP contribution in [-0.2, 0) is 30.4 Å². The van der Waals surface area contributed by atoms with Gasteiger partial charge in [0.05, 0.1) is 11.8 Å². The molecule has 57 heavy (non-hydrogen) atoms. The average Bonchev–Trinajstić information content (AvgIpc) is 3.75. The molecule has 1 N–H and O–H groups in total. The van der Waals surface area contributed by atoms with E-state index in [4.69, 9.17) is 14.2 Å². The minimum atomic E-state index is -0.514. The summed E-state index contributed by atoms with van der Waals surface area (Å²) in [5, 5.41) is 3.61. The van der Waals surface area contributed by atoms with Gasteiger partial charge >= 0.3 is 18.0 Å². The minimum Gasteiger partial charge on any atom is -0.462 e. The SMILES string of the molecule is CC(C)(C)OC(=O)N[C@]12CC[C@@H](C3(C)CC3)C1[C@H]1CCC3[C@@]4(C)CC[C@H](OC(=O)[C@H]5C[C@@H](C(=O)OCc6ccccc6)C5(C)C)C(C)(C)[C@@H]4CC[C@@]3(C)[C@]1(C)CC2.